The van der Waals surface area contributed by atoms with E-state index in [1.54, 1.807) is 10.9 Å². The van der Waals surface area contributed by atoms with Crippen LogP contribution in [0.5, 0.6) is 0 Å². The second-order valence-corrected chi connectivity index (χ2v) is 2.86. The SMILES string of the molecule is CCCn1cc(C#CCC(=O)O)cn1. The molecule has 0 fully saturated rings. The first-order chi connectivity index (χ1) is 6.72. The van der Waals surface area contributed by atoms with Crippen LogP contribution in [0.1, 0.15) is 25.3 Å². The van der Waals surface area contributed by atoms with Crippen LogP contribution in [-0.2, 0) is 11.3 Å². The van der Waals surface area contributed by atoms with Gasteiger partial charge in [-0.1, -0.05) is 18.8 Å². The second-order valence-electron chi connectivity index (χ2n) is 2.86. The van der Waals surface area contributed by atoms with Crippen LogP contribution in [0.3, 0.4) is 0 Å². The average Bonchev–Trinajstić information content (AvgIpc) is 2.53. The molecule has 0 saturated carbocycles. The lowest BCUT2D eigenvalue weighted by molar-refractivity contribution is -0.135. The van der Waals surface area contributed by atoms with E-state index in [0.717, 1.165) is 18.5 Å². The summed E-state index contributed by atoms with van der Waals surface area (Å²) in [5, 5.41) is 12.4. The number of carboxylic acids is 1. The first kappa shape index (κ1) is 10.3. The van der Waals surface area contributed by atoms with Crippen molar-refractivity contribution in [3.05, 3.63) is 18.0 Å². The van der Waals surface area contributed by atoms with E-state index in [0.29, 0.717) is 0 Å². The molecule has 1 heterocycles. The van der Waals surface area contributed by atoms with Crippen molar-refractivity contribution >= 4 is 5.97 Å². The minimum Gasteiger partial charge on any atom is -0.481 e. The molecule has 1 rings (SSSR count). The minimum atomic E-state index is -0.904. The number of hydrogen-bond donors (Lipinski definition) is 1. The zero-order valence-electron chi connectivity index (χ0n) is 8.03. The predicted octanol–water partition coefficient (Wildman–Crippen LogP) is 1.12. The van der Waals surface area contributed by atoms with E-state index in [1.165, 1.54) is 0 Å². The lowest BCUT2D eigenvalue weighted by Gasteiger charge is -1.93. The van der Waals surface area contributed by atoms with Crippen LogP contribution in [0.2, 0.25) is 0 Å². The Hall–Kier alpha value is -1.76. The van der Waals surface area contributed by atoms with Crippen LogP contribution in [-0.4, -0.2) is 20.9 Å². The Kier molecular flexibility index (Phi) is 3.74. The van der Waals surface area contributed by atoms with E-state index in [4.69, 9.17) is 5.11 Å². The number of carboxylic acid groups (broad SMARTS) is 1. The summed E-state index contributed by atoms with van der Waals surface area (Å²) < 4.78 is 1.80. The van der Waals surface area contributed by atoms with Crippen molar-refractivity contribution in [1.29, 1.82) is 0 Å². The van der Waals surface area contributed by atoms with Gasteiger partial charge < -0.3 is 5.11 Å². The number of nitrogens with zero attached hydrogens (tertiary/aromatic N) is 2. The molecule has 0 radical (unpaired) electrons. The van der Waals surface area contributed by atoms with E-state index < -0.39 is 5.97 Å². The maximum absolute atomic E-state index is 10.2. The van der Waals surface area contributed by atoms with E-state index >= 15 is 0 Å². The molecule has 1 aromatic heterocycles. The molecule has 0 spiro atoms. The molecule has 0 bridgehead atoms. The third-order valence-corrected chi connectivity index (χ3v) is 1.56. The molecule has 0 atom stereocenters. The second kappa shape index (κ2) is 5.07. The van der Waals surface area contributed by atoms with Gasteiger partial charge in [-0.25, -0.2) is 0 Å². The van der Waals surface area contributed by atoms with Crippen molar-refractivity contribution < 1.29 is 9.90 Å². The molecule has 4 nitrogen and oxygen atoms in total. The highest BCUT2D eigenvalue weighted by Crippen LogP contribution is 1.96. The van der Waals surface area contributed by atoms with Gasteiger partial charge in [0, 0.05) is 12.7 Å². The highest BCUT2D eigenvalue weighted by molar-refractivity contribution is 5.70. The van der Waals surface area contributed by atoms with Crippen molar-refractivity contribution in [2.75, 3.05) is 0 Å². The monoisotopic (exact) mass is 192 g/mol. The van der Waals surface area contributed by atoms with Crippen LogP contribution >= 0.6 is 0 Å². The normalized spacial score (nSPS) is 9.21. The Morgan fingerprint density at radius 2 is 2.50 bits per heavy atom. The average molecular weight is 192 g/mol. The van der Waals surface area contributed by atoms with Crippen molar-refractivity contribution in [1.82, 2.24) is 9.78 Å². The third kappa shape index (κ3) is 3.31. The number of aryl methyl sites for hydroxylation is 1. The number of aliphatic carboxylic acids is 1. The summed E-state index contributed by atoms with van der Waals surface area (Å²) in [6, 6.07) is 0. The summed E-state index contributed by atoms with van der Waals surface area (Å²) in [4.78, 5) is 10.2. The summed E-state index contributed by atoms with van der Waals surface area (Å²) in [6.07, 6.45) is 4.35. The van der Waals surface area contributed by atoms with E-state index in [9.17, 15) is 4.79 Å². The molecule has 0 saturated heterocycles. The number of aromatic nitrogens is 2. The summed E-state index contributed by atoms with van der Waals surface area (Å²) in [7, 11) is 0. The van der Waals surface area contributed by atoms with Gasteiger partial charge in [-0.15, -0.1) is 0 Å². The molecule has 0 aliphatic carbocycles. The molecule has 0 unspecified atom stereocenters. The van der Waals surface area contributed by atoms with Crippen molar-refractivity contribution in [2.24, 2.45) is 0 Å². The molecule has 0 amide bonds. The zero-order chi connectivity index (χ0) is 10.4. The van der Waals surface area contributed by atoms with Gasteiger partial charge in [0.2, 0.25) is 0 Å². The van der Waals surface area contributed by atoms with Crippen LogP contribution in [0, 0.1) is 11.8 Å². The molecule has 0 aliphatic heterocycles. The molecule has 4 heteroatoms. The summed E-state index contributed by atoms with van der Waals surface area (Å²) in [6.45, 7) is 2.93. The van der Waals surface area contributed by atoms with Crippen molar-refractivity contribution in [2.45, 2.75) is 26.3 Å². The maximum Gasteiger partial charge on any atom is 0.315 e. The van der Waals surface area contributed by atoms with Crippen LogP contribution in [0.4, 0.5) is 0 Å². The molecular formula is C10H12N2O2. The molecule has 1 N–H and O–H groups in total. The Balaban J connectivity index is 2.57. The fraction of sp³-hybridized carbons (Fsp3) is 0.400. The van der Waals surface area contributed by atoms with Gasteiger partial charge in [0.15, 0.2) is 0 Å². The first-order valence-electron chi connectivity index (χ1n) is 4.45. The molecule has 0 aliphatic rings. The Morgan fingerprint density at radius 3 is 3.14 bits per heavy atom. The van der Waals surface area contributed by atoms with Crippen LogP contribution < -0.4 is 0 Å². The zero-order valence-corrected chi connectivity index (χ0v) is 8.03. The fourth-order valence-electron chi connectivity index (χ4n) is 1.00. The maximum atomic E-state index is 10.2. The van der Waals surface area contributed by atoms with Gasteiger partial charge >= 0.3 is 5.97 Å². The third-order valence-electron chi connectivity index (χ3n) is 1.56. The Labute approximate surface area is 82.5 Å². The Bertz CT molecular complexity index is 371. The first-order valence-corrected chi connectivity index (χ1v) is 4.45. The van der Waals surface area contributed by atoms with Crippen LogP contribution in [0.25, 0.3) is 0 Å². The lowest BCUT2D eigenvalue weighted by atomic mass is 10.3. The van der Waals surface area contributed by atoms with Crippen molar-refractivity contribution in [3.8, 4) is 11.8 Å². The molecular weight excluding hydrogens is 180 g/mol. The summed E-state index contributed by atoms with van der Waals surface area (Å²) >= 11 is 0. The number of carbonyl (C=O) groups is 1. The molecule has 14 heavy (non-hydrogen) atoms. The van der Waals surface area contributed by atoms with Crippen LogP contribution in [0.15, 0.2) is 12.4 Å². The van der Waals surface area contributed by atoms with Gasteiger partial charge in [-0.2, -0.15) is 5.10 Å². The van der Waals surface area contributed by atoms with E-state index in [2.05, 4.69) is 23.9 Å². The highest BCUT2D eigenvalue weighted by atomic mass is 16.4. The number of rotatable bonds is 3. The summed E-state index contributed by atoms with van der Waals surface area (Å²) in [5.41, 5.74) is 0.764. The largest absolute Gasteiger partial charge is 0.481 e. The van der Waals surface area contributed by atoms with Gasteiger partial charge in [0.1, 0.15) is 6.42 Å². The standard InChI is InChI=1S/C10H12N2O2/c1-2-6-12-8-9(7-11-12)4-3-5-10(13)14/h7-8H,2,5-6H2,1H3,(H,13,14). The fourth-order valence-corrected chi connectivity index (χ4v) is 1.00. The summed E-state index contributed by atoms with van der Waals surface area (Å²) in [5.74, 6) is 4.39. The number of hydrogen-bond acceptors (Lipinski definition) is 2. The smallest absolute Gasteiger partial charge is 0.315 e. The molecule has 1 aromatic rings. The lowest BCUT2D eigenvalue weighted by Crippen LogP contribution is -1.95. The van der Waals surface area contributed by atoms with E-state index in [-0.39, 0.29) is 6.42 Å². The predicted molar refractivity (Wildman–Crippen MR) is 51.6 cm³/mol. The van der Waals surface area contributed by atoms with Gasteiger partial charge in [0.25, 0.3) is 0 Å². The van der Waals surface area contributed by atoms with Gasteiger partial charge in [-0.3, -0.25) is 9.48 Å². The van der Waals surface area contributed by atoms with E-state index in [1.807, 2.05) is 6.20 Å². The quantitative estimate of drug-likeness (QED) is 0.730. The van der Waals surface area contributed by atoms with Gasteiger partial charge in [0.05, 0.1) is 11.8 Å². The Morgan fingerprint density at radius 1 is 1.71 bits per heavy atom. The minimum absolute atomic E-state index is 0.126. The van der Waals surface area contributed by atoms with Gasteiger partial charge in [-0.05, 0) is 6.42 Å². The molecule has 74 valence electrons. The van der Waals surface area contributed by atoms with Crippen molar-refractivity contribution in [3.63, 3.8) is 0 Å². The highest BCUT2D eigenvalue weighted by Gasteiger charge is 1.94. The topological polar surface area (TPSA) is 55.1 Å². The molecule has 0 aromatic carbocycles.